The van der Waals surface area contributed by atoms with Crippen molar-refractivity contribution in [3.63, 3.8) is 0 Å². The molecule has 0 amide bonds. The zero-order valence-electron chi connectivity index (χ0n) is 17.6. The molecule has 4 aliphatic rings. The van der Waals surface area contributed by atoms with E-state index in [1.165, 1.54) is 64.2 Å². The molecule has 0 bridgehead atoms. The van der Waals surface area contributed by atoms with Gasteiger partial charge in [-0.05, 0) is 88.9 Å². The zero-order valence-corrected chi connectivity index (χ0v) is 17.6. The minimum atomic E-state index is -0.532. The highest BCUT2D eigenvalue weighted by atomic mass is 16.6. The molecule has 2 aliphatic carbocycles. The lowest BCUT2D eigenvalue weighted by Crippen LogP contribution is -2.10. The summed E-state index contributed by atoms with van der Waals surface area (Å²) in [6, 6.07) is 0. The fraction of sp³-hybridized carbons (Fsp3) is 0.833. The van der Waals surface area contributed by atoms with E-state index in [9.17, 15) is 0 Å². The molecule has 2 saturated carbocycles. The van der Waals surface area contributed by atoms with Gasteiger partial charge in [-0.25, -0.2) is 0 Å². The molecule has 2 aliphatic heterocycles. The van der Waals surface area contributed by atoms with Crippen molar-refractivity contribution in [1.82, 2.24) is 0 Å². The third kappa shape index (κ3) is 15.3. The molecule has 2 atom stereocenters. The van der Waals surface area contributed by atoms with Crippen LogP contribution in [-0.2, 0) is 9.47 Å². The second-order valence-electron chi connectivity index (χ2n) is 8.57. The van der Waals surface area contributed by atoms with Gasteiger partial charge in [0.2, 0.25) is 0 Å². The predicted octanol–water partition coefficient (Wildman–Crippen LogP) is 4.79. The monoisotopic (exact) mass is 394 g/mol. The minimum Gasteiger partial charge on any atom is -0.394 e. The Morgan fingerprint density at radius 1 is 0.857 bits per heavy atom. The largest absolute Gasteiger partial charge is 0.394 e. The number of hydrogen-bond donors (Lipinski definition) is 2. The van der Waals surface area contributed by atoms with Crippen molar-refractivity contribution in [2.45, 2.75) is 89.3 Å². The smallest absolute Gasteiger partial charge is 0.0812 e. The normalized spacial score (nSPS) is 24.6. The maximum atomic E-state index is 8.99. The maximum absolute atomic E-state index is 8.99. The Balaban J connectivity index is 0.000000162. The fourth-order valence-corrected chi connectivity index (χ4v) is 2.93. The number of ether oxygens (including phenoxy) is 2. The topological polar surface area (TPSA) is 62.2 Å². The molecule has 4 nitrogen and oxygen atoms in total. The molecule has 2 N–H and O–H groups in total. The lowest BCUT2D eigenvalue weighted by atomic mass is 10.2. The quantitative estimate of drug-likeness (QED) is 0.390. The van der Waals surface area contributed by atoms with Crippen LogP contribution in [0.25, 0.3) is 0 Å². The van der Waals surface area contributed by atoms with E-state index in [-0.39, 0.29) is 6.61 Å². The molecule has 28 heavy (non-hydrogen) atoms. The lowest BCUT2D eigenvalue weighted by Gasteiger charge is -2.02. The molecule has 2 heterocycles. The van der Waals surface area contributed by atoms with E-state index in [4.69, 9.17) is 19.7 Å². The highest BCUT2D eigenvalue weighted by molar-refractivity contribution is 4.90. The van der Waals surface area contributed by atoms with E-state index in [1.54, 1.807) is 0 Å². The number of aliphatic hydroxyl groups is 2. The van der Waals surface area contributed by atoms with Crippen LogP contribution in [0.15, 0.2) is 24.3 Å². The Morgan fingerprint density at radius 3 is 1.86 bits per heavy atom. The summed E-state index contributed by atoms with van der Waals surface area (Å²) in [6.07, 6.45) is 23.9. The van der Waals surface area contributed by atoms with Gasteiger partial charge < -0.3 is 19.7 Å². The van der Waals surface area contributed by atoms with Gasteiger partial charge in [-0.1, -0.05) is 24.3 Å². The van der Waals surface area contributed by atoms with Gasteiger partial charge in [-0.15, -0.1) is 0 Å². The van der Waals surface area contributed by atoms with E-state index in [2.05, 4.69) is 24.3 Å². The van der Waals surface area contributed by atoms with Crippen molar-refractivity contribution in [3.8, 4) is 0 Å². The van der Waals surface area contributed by atoms with Gasteiger partial charge >= 0.3 is 0 Å². The molecule has 0 aromatic rings. The summed E-state index contributed by atoms with van der Waals surface area (Å²) in [5, 5.41) is 17.5. The van der Waals surface area contributed by atoms with Crippen LogP contribution in [0.5, 0.6) is 0 Å². The van der Waals surface area contributed by atoms with Crippen molar-refractivity contribution in [3.05, 3.63) is 24.3 Å². The number of allylic oxidation sites excluding steroid dienone is 4. The third-order valence-corrected chi connectivity index (χ3v) is 5.43. The average Bonchev–Trinajstić information content (AvgIpc) is 3.61. The van der Waals surface area contributed by atoms with Gasteiger partial charge in [0.05, 0.1) is 25.4 Å². The molecular formula is C24H42O4. The number of epoxide rings is 1. The molecule has 0 spiro atoms. The van der Waals surface area contributed by atoms with Crippen molar-refractivity contribution >= 4 is 0 Å². The first kappa shape index (κ1) is 23.6. The van der Waals surface area contributed by atoms with Crippen molar-refractivity contribution in [2.75, 3.05) is 26.4 Å². The molecule has 4 fully saturated rings. The Labute approximate surface area is 172 Å². The molecule has 162 valence electrons. The molecule has 0 aromatic carbocycles. The van der Waals surface area contributed by atoms with E-state index in [1.807, 2.05) is 0 Å². The highest BCUT2D eigenvalue weighted by Crippen LogP contribution is 2.33. The Bertz CT molecular complexity index is 411. The van der Waals surface area contributed by atoms with Crippen LogP contribution in [0, 0.1) is 11.8 Å². The van der Waals surface area contributed by atoms with Crippen LogP contribution in [0.2, 0.25) is 0 Å². The van der Waals surface area contributed by atoms with Gasteiger partial charge in [-0.2, -0.15) is 0 Å². The molecule has 0 aromatic heterocycles. The highest BCUT2D eigenvalue weighted by Gasteiger charge is 2.21. The molecule has 2 saturated heterocycles. The van der Waals surface area contributed by atoms with Gasteiger partial charge in [0.15, 0.2) is 0 Å². The first-order valence-corrected chi connectivity index (χ1v) is 11.6. The maximum Gasteiger partial charge on any atom is 0.0812 e. The van der Waals surface area contributed by atoms with Crippen molar-refractivity contribution in [2.24, 2.45) is 11.8 Å². The van der Waals surface area contributed by atoms with E-state index >= 15 is 0 Å². The molecule has 2 unspecified atom stereocenters. The van der Waals surface area contributed by atoms with Gasteiger partial charge in [-0.3, -0.25) is 0 Å². The first-order valence-electron chi connectivity index (χ1n) is 11.6. The summed E-state index contributed by atoms with van der Waals surface area (Å²) in [4.78, 5) is 0. The van der Waals surface area contributed by atoms with Crippen LogP contribution in [0.4, 0.5) is 0 Å². The van der Waals surface area contributed by atoms with Crippen molar-refractivity contribution < 1.29 is 19.7 Å². The first-order chi connectivity index (χ1) is 13.8. The SMILES string of the molecule is C(=C/CC1CC1)/CCC1CO1.C1CCOC1.OCC(O)CC/C=C\CC1CC1. The Kier molecular flexibility index (Phi) is 12.8. The molecule has 4 heteroatoms. The zero-order chi connectivity index (χ0) is 19.9. The van der Waals surface area contributed by atoms with E-state index < -0.39 is 6.10 Å². The molecular weight excluding hydrogens is 352 g/mol. The summed E-state index contributed by atoms with van der Waals surface area (Å²) >= 11 is 0. The van der Waals surface area contributed by atoms with Crippen molar-refractivity contribution in [1.29, 1.82) is 0 Å². The summed E-state index contributed by atoms with van der Waals surface area (Å²) in [6.45, 7) is 2.90. The number of rotatable bonds is 11. The average molecular weight is 395 g/mol. The Hall–Kier alpha value is -0.680. The van der Waals surface area contributed by atoms with E-state index in [0.29, 0.717) is 12.5 Å². The van der Waals surface area contributed by atoms with Gasteiger partial charge in [0.25, 0.3) is 0 Å². The second-order valence-corrected chi connectivity index (χ2v) is 8.57. The summed E-state index contributed by atoms with van der Waals surface area (Å²) in [5.41, 5.74) is 0. The standard InChI is InChI=1S/C10H18O2.C10H16O.C4H8O/c11-8-10(12)5-3-1-2-4-9-6-7-9;1(2-4-9-6-7-9)3-5-10-8-11-10;1-2-4-5-3-1/h1-2,9-12H,3-8H2;1-2,9-10H,3-8H2;1-4H2/b2*2-1-;. The second kappa shape index (κ2) is 15.2. The summed E-state index contributed by atoms with van der Waals surface area (Å²) < 4.78 is 10.1. The number of hydrogen-bond acceptors (Lipinski definition) is 4. The molecule has 0 radical (unpaired) electrons. The van der Waals surface area contributed by atoms with Crippen LogP contribution in [0.1, 0.15) is 77.0 Å². The third-order valence-electron chi connectivity index (χ3n) is 5.43. The summed E-state index contributed by atoms with van der Waals surface area (Å²) in [5.74, 6) is 1.99. The van der Waals surface area contributed by atoms with Gasteiger partial charge in [0, 0.05) is 13.2 Å². The number of aliphatic hydroxyl groups excluding tert-OH is 2. The predicted molar refractivity (Wildman–Crippen MR) is 114 cm³/mol. The minimum absolute atomic E-state index is 0.115. The van der Waals surface area contributed by atoms with Crippen LogP contribution in [0.3, 0.4) is 0 Å². The van der Waals surface area contributed by atoms with Gasteiger partial charge in [0.1, 0.15) is 0 Å². The van der Waals surface area contributed by atoms with Crippen LogP contribution < -0.4 is 0 Å². The molecule has 4 rings (SSSR count). The Morgan fingerprint density at radius 2 is 1.43 bits per heavy atom. The van der Waals surface area contributed by atoms with Crippen LogP contribution >= 0.6 is 0 Å². The summed E-state index contributed by atoms with van der Waals surface area (Å²) in [7, 11) is 0. The lowest BCUT2D eigenvalue weighted by molar-refractivity contribution is 0.0891. The fourth-order valence-electron chi connectivity index (χ4n) is 2.93. The van der Waals surface area contributed by atoms with Crippen LogP contribution in [-0.4, -0.2) is 48.8 Å². The van der Waals surface area contributed by atoms with E-state index in [0.717, 1.165) is 38.1 Å².